The maximum absolute atomic E-state index is 12.7. The number of thiazole rings is 1. The number of carbonyl (C=O) groups excluding carboxylic acids is 3. The van der Waals surface area contributed by atoms with E-state index in [1.165, 1.54) is 30.0 Å². The topological polar surface area (TPSA) is 136 Å². The minimum absolute atomic E-state index is 0.0715. The van der Waals surface area contributed by atoms with Crippen molar-refractivity contribution in [2.45, 2.75) is 31.7 Å². The number of allylic oxidation sites excluding steroid dienone is 1. The number of hydrogen-bond acceptors (Lipinski definition) is 10. The predicted octanol–water partition coefficient (Wildman–Crippen LogP) is 1.26. The van der Waals surface area contributed by atoms with Gasteiger partial charge in [0, 0.05) is 17.3 Å². The monoisotopic (exact) mass is 465 g/mol. The molecule has 166 valence electrons. The Bertz CT molecular complexity index is 971. The molecule has 0 aromatic carbocycles. The zero-order valence-corrected chi connectivity index (χ0v) is 18.9. The fourth-order valence-corrected chi connectivity index (χ4v) is 4.80. The molecule has 1 saturated heterocycles. The number of thioether (sulfide) groups is 1. The summed E-state index contributed by atoms with van der Waals surface area (Å²) in [6.07, 6.45) is 4.35. The molecule has 3 rings (SSSR count). The van der Waals surface area contributed by atoms with Gasteiger partial charge in [-0.05, 0) is 18.9 Å². The molecule has 0 saturated carbocycles. The molecule has 1 fully saturated rings. The van der Waals surface area contributed by atoms with Gasteiger partial charge in [0.2, 0.25) is 0 Å². The number of fused-ring (bicyclic) bond motifs is 1. The first kappa shape index (κ1) is 22.8. The summed E-state index contributed by atoms with van der Waals surface area (Å²) in [5, 5.41) is 7.92. The number of anilines is 1. The van der Waals surface area contributed by atoms with Crippen LogP contribution in [0.5, 0.6) is 0 Å². The maximum atomic E-state index is 12.7. The van der Waals surface area contributed by atoms with E-state index in [2.05, 4.69) is 15.5 Å². The zero-order valence-electron chi connectivity index (χ0n) is 17.3. The number of nitrogen functional groups attached to an aromatic ring is 1. The summed E-state index contributed by atoms with van der Waals surface area (Å²) in [5.74, 6) is -1.01. The van der Waals surface area contributed by atoms with Gasteiger partial charge in [-0.3, -0.25) is 9.59 Å². The second-order valence-electron chi connectivity index (χ2n) is 6.78. The molecule has 3 N–H and O–H groups in total. The van der Waals surface area contributed by atoms with Crippen LogP contribution in [0.15, 0.2) is 34.0 Å². The van der Waals surface area contributed by atoms with Crippen molar-refractivity contribution in [1.82, 2.24) is 15.2 Å². The van der Waals surface area contributed by atoms with Gasteiger partial charge in [-0.15, -0.1) is 23.1 Å². The zero-order chi connectivity index (χ0) is 22.5. The van der Waals surface area contributed by atoms with Gasteiger partial charge in [-0.1, -0.05) is 18.2 Å². The van der Waals surface area contributed by atoms with Gasteiger partial charge in [0.15, 0.2) is 10.8 Å². The largest absolute Gasteiger partial charge is 0.458 e. The van der Waals surface area contributed by atoms with Gasteiger partial charge >= 0.3 is 5.97 Å². The van der Waals surface area contributed by atoms with E-state index in [-0.39, 0.29) is 34.4 Å². The summed E-state index contributed by atoms with van der Waals surface area (Å²) in [4.78, 5) is 47.7. The lowest BCUT2D eigenvalue weighted by atomic mass is 10.1. The van der Waals surface area contributed by atoms with Gasteiger partial charge in [0.25, 0.3) is 11.8 Å². The minimum Gasteiger partial charge on any atom is -0.458 e. The first-order chi connectivity index (χ1) is 14.8. The third kappa shape index (κ3) is 5.07. The van der Waals surface area contributed by atoms with Crippen molar-refractivity contribution >= 4 is 51.7 Å². The summed E-state index contributed by atoms with van der Waals surface area (Å²) in [5.41, 5.74) is 7.19. The highest BCUT2D eigenvalue weighted by atomic mass is 32.2. The van der Waals surface area contributed by atoms with E-state index in [9.17, 15) is 14.4 Å². The Kier molecular flexibility index (Phi) is 7.33. The van der Waals surface area contributed by atoms with Crippen LogP contribution >= 0.6 is 23.1 Å². The highest BCUT2D eigenvalue weighted by Crippen LogP contribution is 2.36. The first-order valence-corrected chi connectivity index (χ1v) is 11.4. The average molecular weight is 466 g/mol. The van der Waals surface area contributed by atoms with Crippen LogP contribution in [0.25, 0.3) is 0 Å². The van der Waals surface area contributed by atoms with E-state index in [1.54, 1.807) is 5.38 Å². The van der Waals surface area contributed by atoms with E-state index in [4.69, 9.17) is 15.3 Å². The van der Waals surface area contributed by atoms with E-state index < -0.39 is 17.9 Å². The highest BCUT2D eigenvalue weighted by molar-refractivity contribution is 8.00. The molecule has 2 aliphatic heterocycles. The van der Waals surface area contributed by atoms with E-state index >= 15 is 0 Å². The summed E-state index contributed by atoms with van der Waals surface area (Å²) in [6, 6.07) is -0.751. The molecule has 10 nitrogen and oxygen atoms in total. The molecule has 0 aliphatic carbocycles. The average Bonchev–Trinajstić information content (AvgIpc) is 3.19. The molecule has 2 aliphatic rings. The molecular weight excluding hydrogens is 442 g/mol. The maximum Gasteiger partial charge on any atom is 0.336 e. The lowest BCUT2D eigenvalue weighted by molar-refractivity contribution is -0.144. The van der Waals surface area contributed by atoms with Crippen LogP contribution < -0.4 is 11.1 Å². The van der Waals surface area contributed by atoms with Crippen LogP contribution in [0, 0.1) is 0 Å². The number of nitrogens with one attached hydrogen (secondary N) is 1. The lowest BCUT2D eigenvalue weighted by Gasteiger charge is -2.47. The Morgan fingerprint density at radius 3 is 2.90 bits per heavy atom. The van der Waals surface area contributed by atoms with Gasteiger partial charge in [0.05, 0.1) is 5.57 Å². The molecule has 0 spiro atoms. The van der Waals surface area contributed by atoms with Crippen LogP contribution in [-0.2, 0) is 24.0 Å². The van der Waals surface area contributed by atoms with Gasteiger partial charge in [0.1, 0.15) is 30.8 Å². The molecule has 31 heavy (non-hydrogen) atoms. The van der Waals surface area contributed by atoms with Crippen molar-refractivity contribution in [3.63, 3.8) is 0 Å². The number of hydrogen-bond donors (Lipinski definition) is 2. The number of nitrogens with zero attached hydrogens (tertiary/aromatic N) is 3. The Morgan fingerprint density at radius 1 is 1.48 bits per heavy atom. The molecule has 2 amide bonds. The Labute approximate surface area is 187 Å². The summed E-state index contributed by atoms with van der Waals surface area (Å²) in [6.45, 7) is 4.12. The van der Waals surface area contributed by atoms with Crippen LogP contribution in [0.4, 0.5) is 5.13 Å². The number of ether oxygens (including phenoxy) is 1. The van der Waals surface area contributed by atoms with Crippen molar-refractivity contribution in [2.24, 2.45) is 5.16 Å². The standard InChI is InChI=1S/C19H23N5O5S2/c1-4-5-10(2)7-29-18(27)11-6-24-16(26)14(17(24)30-8-11)22-15(25)13(23-28-3)12-9-31-19(20)21-12/h5-6,9,14,17H,4,7-8H2,1-3H3,(H2,20,21)(H,22,25)/t14?,17-/m1/s1. The van der Waals surface area contributed by atoms with Crippen LogP contribution in [0.2, 0.25) is 0 Å². The minimum atomic E-state index is -0.751. The van der Waals surface area contributed by atoms with Crippen LogP contribution in [0.3, 0.4) is 0 Å². The fraction of sp³-hybridized carbons (Fsp3) is 0.421. The SMILES string of the molecule is CCC=C(C)COC(=O)C1=CN2C(=O)C(NC(=O)C(=NOC)c3csc(N)n3)[C@H]2SC1. The van der Waals surface area contributed by atoms with E-state index in [1.807, 2.05) is 19.9 Å². The fourth-order valence-electron chi connectivity index (χ4n) is 3.01. The number of rotatable bonds is 8. The van der Waals surface area contributed by atoms with E-state index in [0.29, 0.717) is 11.3 Å². The number of aromatic nitrogens is 1. The second-order valence-corrected chi connectivity index (χ2v) is 8.78. The molecule has 1 aromatic rings. The molecule has 3 heterocycles. The quantitative estimate of drug-likeness (QED) is 0.193. The van der Waals surface area contributed by atoms with Crippen molar-refractivity contribution in [3.8, 4) is 0 Å². The second kappa shape index (κ2) is 9.96. The number of amides is 2. The lowest BCUT2D eigenvalue weighted by Crippen LogP contribution is -2.69. The molecule has 1 aromatic heterocycles. The molecular formula is C19H23N5O5S2. The predicted molar refractivity (Wildman–Crippen MR) is 118 cm³/mol. The molecule has 0 bridgehead atoms. The molecule has 1 unspecified atom stereocenters. The smallest absolute Gasteiger partial charge is 0.336 e. The summed E-state index contributed by atoms with van der Waals surface area (Å²) in [7, 11) is 1.31. The highest BCUT2D eigenvalue weighted by Gasteiger charge is 2.50. The number of esters is 1. The number of carbonyl (C=O) groups is 3. The van der Waals surface area contributed by atoms with Gasteiger partial charge in [-0.25, -0.2) is 9.78 Å². The van der Waals surface area contributed by atoms with E-state index in [0.717, 1.165) is 23.3 Å². The van der Waals surface area contributed by atoms with Gasteiger partial charge < -0.3 is 25.5 Å². The third-order valence-electron chi connectivity index (χ3n) is 4.48. The molecule has 12 heteroatoms. The normalized spacial score (nSPS) is 21.1. The number of oxime groups is 1. The van der Waals surface area contributed by atoms with Crippen LogP contribution in [-0.4, -0.2) is 64.3 Å². The summed E-state index contributed by atoms with van der Waals surface area (Å²) < 4.78 is 5.30. The van der Waals surface area contributed by atoms with Gasteiger partial charge in [-0.2, -0.15) is 0 Å². The third-order valence-corrected chi connectivity index (χ3v) is 6.47. The van der Waals surface area contributed by atoms with Crippen molar-refractivity contribution in [2.75, 3.05) is 25.2 Å². The Balaban J connectivity index is 1.62. The van der Waals surface area contributed by atoms with Crippen molar-refractivity contribution < 1.29 is 24.0 Å². The Morgan fingerprint density at radius 2 is 2.26 bits per heavy atom. The molecule has 0 radical (unpaired) electrons. The number of nitrogens with two attached hydrogens (primary N) is 1. The van der Waals surface area contributed by atoms with Crippen LogP contribution in [0.1, 0.15) is 26.0 Å². The van der Waals surface area contributed by atoms with Crippen molar-refractivity contribution in [1.29, 1.82) is 0 Å². The number of β-lactam (4-membered cyclic amide) rings is 1. The van der Waals surface area contributed by atoms with Crippen molar-refractivity contribution in [3.05, 3.63) is 34.5 Å². The first-order valence-electron chi connectivity index (χ1n) is 9.46. The summed E-state index contributed by atoms with van der Waals surface area (Å²) >= 11 is 2.54. The Hall–Kier alpha value is -2.86. The molecule has 2 atom stereocenters.